The number of nitriles is 1. The molecule has 0 bridgehead atoms. The lowest BCUT2D eigenvalue weighted by Gasteiger charge is -2.14. The number of hydrogen-bond donors (Lipinski definition) is 1. The molecule has 1 N–H and O–H groups in total. The second-order valence-electron chi connectivity index (χ2n) is 3.99. The highest BCUT2D eigenvalue weighted by molar-refractivity contribution is 8.00. The Labute approximate surface area is 110 Å². The lowest BCUT2D eigenvalue weighted by Crippen LogP contribution is -2.23. The number of benzene rings is 1. The van der Waals surface area contributed by atoms with Gasteiger partial charge in [0.05, 0.1) is 17.9 Å². The molecule has 1 atom stereocenters. The fourth-order valence-electron chi connectivity index (χ4n) is 1.91. The van der Waals surface area contributed by atoms with Gasteiger partial charge in [-0.3, -0.25) is 4.79 Å². The van der Waals surface area contributed by atoms with E-state index in [0.29, 0.717) is 17.0 Å². The Morgan fingerprint density at radius 2 is 2.44 bits per heavy atom. The van der Waals surface area contributed by atoms with Crippen molar-refractivity contribution in [3.63, 3.8) is 0 Å². The molecule has 1 heterocycles. The Bertz CT molecular complexity index is 490. The van der Waals surface area contributed by atoms with E-state index >= 15 is 0 Å². The van der Waals surface area contributed by atoms with Crippen molar-refractivity contribution in [3.8, 4) is 11.8 Å². The van der Waals surface area contributed by atoms with Crippen LogP contribution in [-0.2, 0) is 4.79 Å². The first kappa shape index (κ1) is 12.8. The Morgan fingerprint density at radius 3 is 3.06 bits per heavy atom. The second kappa shape index (κ2) is 5.78. The summed E-state index contributed by atoms with van der Waals surface area (Å²) in [6.45, 7) is 0. The van der Waals surface area contributed by atoms with Crippen LogP contribution < -0.4 is 10.1 Å². The summed E-state index contributed by atoms with van der Waals surface area (Å²) in [6.07, 6.45) is 1.97. The van der Waals surface area contributed by atoms with Gasteiger partial charge in [0, 0.05) is 0 Å². The van der Waals surface area contributed by atoms with E-state index in [9.17, 15) is 4.79 Å². The molecule has 4 nitrogen and oxygen atoms in total. The predicted octanol–water partition coefficient (Wildman–Crippen LogP) is 2.40. The maximum atomic E-state index is 12.1. The standard InChI is InChI=1S/C13H14N2O2S/c1-17-10-5-2-4-9(8-14)12(10)15-13(16)11-6-3-7-18-11/h2,4-5,11H,3,6-7H2,1H3,(H,15,16). The summed E-state index contributed by atoms with van der Waals surface area (Å²) in [5.74, 6) is 1.50. The Hall–Kier alpha value is -1.67. The van der Waals surface area contributed by atoms with Crippen molar-refractivity contribution >= 4 is 23.4 Å². The van der Waals surface area contributed by atoms with E-state index in [4.69, 9.17) is 10.00 Å². The smallest absolute Gasteiger partial charge is 0.237 e. The van der Waals surface area contributed by atoms with Gasteiger partial charge in [0.2, 0.25) is 5.91 Å². The SMILES string of the molecule is COc1cccc(C#N)c1NC(=O)C1CCCS1. The summed E-state index contributed by atoms with van der Waals surface area (Å²) < 4.78 is 5.18. The van der Waals surface area contributed by atoms with Gasteiger partial charge >= 0.3 is 0 Å². The average Bonchev–Trinajstić information content (AvgIpc) is 2.93. The fraction of sp³-hybridized carbons (Fsp3) is 0.385. The number of anilines is 1. The monoisotopic (exact) mass is 262 g/mol. The number of carbonyl (C=O) groups excluding carboxylic acids is 1. The van der Waals surface area contributed by atoms with Gasteiger partial charge in [-0.1, -0.05) is 6.07 Å². The molecule has 0 radical (unpaired) electrons. The van der Waals surface area contributed by atoms with Crippen LogP contribution in [0.1, 0.15) is 18.4 Å². The van der Waals surface area contributed by atoms with Gasteiger partial charge in [0.15, 0.2) is 0 Å². The third kappa shape index (κ3) is 2.59. The first-order valence-electron chi connectivity index (χ1n) is 5.76. The van der Waals surface area contributed by atoms with Crippen molar-refractivity contribution in [2.45, 2.75) is 18.1 Å². The van der Waals surface area contributed by atoms with Gasteiger partial charge in [-0.25, -0.2) is 0 Å². The van der Waals surface area contributed by atoms with Crippen LogP contribution in [0.2, 0.25) is 0 Å². The highest BCUT2D eigenvalue weighted by Crippen LogP contribution is 2.31. The summed E-state index contributed by atoms with van der Waals surface area (Å²) in [5.41, 5.74) is 0.894. The zero-order chi connectivity index (χ0) is 13.0. The number of hydrogen-bond acceptors (Lipinski definition) is 4. The first-order valence-corrected chi connectivity index (χ1v) is 6.80. The van der Waals surface area contributed by atoms with E-state index < -0.39 is 0 Å². The Morgan fingerprint density at radius 1 is 1.61 bits per heavy atom. The Balaban J connectivity index is 2.22. The molecule has 1 unspecified atom stereocenters. The molecule has 18 heavy (non-hydrogen) atoms. The van der Waals surface area contributed by atoms with Crippen LogP contribution in [0.5, 0.6) is 5.75 Å². The van der Waals surface area contributed by atoms with Gasteiger partial charge in [0.1, 0.15) is 17.5 Å². The third-order valence-corrected chi connectivity index (χ3v) is 4.21. The second-order valence-corrected chi connectivity index (χ2v) is 5.30. The first-order chi connectivity index (χ1) is 8.76. The van der Waals surface area contributed by atoms with Crippen molar-refractivity contribution in [1.29, 1.82) is 5.26 Å². The van der Waals surface area contributed by atoms with Crippen molar-refractivity contribution < 1.29 is 9.53 Å². The lowest BCUT2D eigenvalue weighted by atomic mass is 10.1. The van der Waals surface area contributed by atoms with Crippen LogP contribution >= 0.6 is 11.8 Å². The van der Waals surface area contributed by atoms with Crippen molar-refractivity contribution in [2.24, 2.45) is 0 Å². The van der Waals surface area contributed by atoms with Crippen LogP contribution in [0.4, 0.5) is 5.69 Å². The minimum absolute atomic E-state index is 0.0125. The number of amides is 1. The molecule has 1 aliphatic heterocycles. The zero-order valence-corrected chi connectivity index (χ0v) is 10.9. The summed E-state index contributed by atoms with van der Waals surface area (Å²) in [6, 6.07) is 7.20. The molecule has 1 fully saturated rings. The molecule has 1 aromatic carbocycles. The number of ether oxygens (including phenoxy) is 1. The number of nitrogens with zero attached hydrogens (tertiary/aromatic N) is 1. The average molecular weight is 262 g/mol. The minimum Gasteiger partial charge on any atom is -0.495 e. The largest absolute Gasteiger partial charge is 0.495 e. The van der Waals surface area contributed by atoms with Crippen molar-refractivity contribution in [1.82, 2.24) is 0 Å². The maximum Gasteiger partial charge on any atom is 0.237 e. The van der Waals surface area contributed by atoms with Gasteiger partial charge in [-0.05, 0) is 30.7 Å². The quantitative estimate of drug-likeness (QED) is 0.908. The number of para-hydroxylation sites is 1. The van der Waals surface area contributed by atoms with Crippen molar-refractivity contribution in [3.05, 3.63) is 23.8 Å². The Kier molecular flexibility index (Phi) is 4.11. The van der Waals surface area contributed by atoms with Gasteiger partial charge in [-0.15, -0.1) is 11.8 Å². The molecule has 1 amide bonds. The fourth-order valence-corrected chi connectivity index (χ4v) is 3.07. The summed E-state index contributed by atoms with van der Waals surface area (Å²) >= 11 is 1.66. The van der Waals surface area contributed by atoms with Crippen LogP contribution in [-0.4, -0.2) is 24.0 Å². The molecule has 1 aromatic rings. The van der Waals surface area contributed by atoms with Gasteiger partial charge < -0.3 is 10.1 Å². The molecule has 2 rings (SSSR count). The van der Waals surface area contributed by atoms with E-state index in [0.717, 1.165) is 18.6 Å². The number of thioether (sulfide) groups is 1. The predicted molar refractivity (Wildman–Crippen MR) is 71.8 cm³/mol. The molecule has 94 valence electrons. The topological polar surface area (TPSA) is 62.1 Å². The normalized spacial score (nSPS) is 18.1. The molecule has 0 saturated carbocycles. The molecule has 0 spiro atoms. The highest BCUT2D eigenvalue weighted by atomic mass is 32.2. The van der Waals surface area contributed by atoms with E-state index in [2.05, 4.69) is 11.4 Å². The summed E-state index contributed by atoms with van der Waals surface area (Å²) in [5, 5.41) is 11.9. The number of nitrogens with one attached hydrogen (secondary N) is 1. The molecule has 0 aromatic heterocycles. The molecular formula is C13H14N2O2S. The van der Waals surface area contributed by atoms with E-state index in [1.165, 1.54) is 7.11 Å². The van der Waals surface area contributed by atoms with Crippen molar-refractivity contribution in [2.75, 3.05) is 18.2 Å². The minimum atomic E-state index is -0.0431. The molecule has 0 aliphatic carbocycles. The lowest BCUT2D eigenvalue weighted by molar-refractivity contribution is -0.115. The van der Waals surface area contributed by atoms with Gasteiger partial charge in [0.25, 0.3) is 0 Å². The van der Waals surface area contributed by atoms with E-state index in [1.54, 1.807) is 30.0 Å². The van der Waals surface area contributed by atoms with Crippen LogP contribution in [0.25, 0.3) is 0 Å². The number of rotatable bonds is 3. The maximum absolute atomic E-state index is 12.1. The molecule has 5 heteroatoms. The number of methoxy groups -OCH3 is 1. The molecule has 1 saturated heterocycles. The summed E-state index contributed by atoms with van der Waals surface area (Å²) in [4.78, 5) is 12.1. The van der Waals surface area contributed by atoms with Crippen LogP contribution in [0, 0.1) is 11.3 Å². The summed E-state index contributed by atoms with van der Waals surface area (Å²) in [7, 11) is 1.52. The van der Waals surface area contributed by atoms with E-state index in [-0.39, 0.29) is 11.2 Å². The van der Waals surface area contributed by atoms with E-state index in [1.807, 2.05) is 0 Å². The molecular weight excluding hydrogens is 248 g/mol. The number of carbonyl (C=O) groups is 1. The van der Waals surface area contributed by atoms with Crippen LogP contribution in [0.15, 0.2) is 18.2 Å². The van der Waals surface area contributed by atoms with Gasteiger partial charge in [-0.2, -0.15) is 5.26 Å². The highest BCUT2D eigenvalue weighted by Gasteiger charge is 2.24. The molecule has 1 aliphatic rings. The van der Waals surface area contributed by atoms with Crippen LogP contribution in [0.3, 0.4) is 0 Å². The third-order valence-electron chi connectivity index (χ3n) is 2.84. The zero-order valence-electron chi connectivity index (χ0n) is 10.1.